The highest BCUT2D eigenvalue weighted by Crippen LogP contribution is 2.15. The Kier molecular flexibility index (Phi) is 5.20. The molecular formula is C13H23N5O3S. The van der Waals surface area contributed by atoms with Crippen molar-refractivity contribution in [2.45, 2.75) is 6.54 Å². The first-order valence-electron chi connectivity index (χ1n) is 7.16. The van der Waals surface area contributed by atoms with Crippen LogP contribution in [0.5, 0.6) is 0 Å². The van der Waals surface area contributed by atoms with Gasteiger partial charge in [-0.2, -0.15) is 5.10 Å². The lowest BCUT2D eigenvalue weighted by molar-refractivity contribution is -0.125. The van der Waals surface area contributed by atoms with Gasteiger partial charge in [-0.25, -0.2) is 12.7 Å². The van der Waals surface area contributed by atoms with Gasteiger partial charge in [0, 0.05) is 58.6 Å². The molecule has 1 aliphatic rings. The Morgan fingerprint density at radius 3 is 2.68 bits per heavy atom. The second kappa shape index (κ2) is 6.76. The van der Waals surface area contributed by atoms with Gasteiger partial charge >= 0.3 is 0 Å². The lowest BCUT2D eigenvalue weighted by atomic mass is 10.1. The molecule has 0 spiro atoms. The molecule has 0 aromatic carbocycles. The molecule has 0 bridgehead atoms. The third-order valence-electron chi connectivity index (χ3n) is 3.82. The maximum atomic E-state index is 12.0. The van der Waals surface area contributed by atoms with E-state index < -0.39 is 10.0 Å². The van der Waals surface area contributed by atoms with Crippen molar-refractivity contribution in [2.24, 2.45) is 13.0 Å². The molecule has 1 saturated heterocycles. The Bertz CT molecular complexity index is 627. The summed E-state index contributed by atoms with van der Waals surface area (Å²) < 4.78 is 26.8. The van der Waals surface area contributed by atoms with Crippen LogP contribution in [0.3, 0.4) is 0 Å². The standard InChI is InChI=1S/C13H23N5O3S/c1-14-13(19)12-9-17(8-11-6-15-16(2)7-11)4-5-18(10-12)22(3,20)21/h6-7,12H,4-5,8-10H2,1-3H3,(H,14,19)/t12-/m0/s1. The highest BCUT2D eigenvalue weighted by Gasteiger charge is 2.31. The molecule has 124 valence electrons. The van der Waals surface area contributed by atoms with Crippen molar-refractivity contribution in [1.29, 1.82) is 0 Å². The normalized spacial score (nSPS) is 21.5. The van der Waals surface area contributed by atoms with Crippen molar-refractivity contribution in [3.63, 3.8) is 0 Å². The molecular weight excluding hydrogens is 306 g/mol. The van der Waals surface area contributed by atoms with E-state index in [1.807, 2.05) is 13.2 Å². The first kappa shape index (κ1) is 16.9. The van der Waals surface area contributed by atoms with E-state index in [-0.39, 0.29) is 18.4 Å². The number of hydrogen-bond donors (Lipinski definition) is 1. The van der Waals surface area contributed by atoms with Crippen LogP contribution >= 0.6 is 0 Å². The van der Waals surface area contributed by atoms with E-state index in [1.54, 1.807) is 17.9 Å². The molecule has 2 heterocycles. The number of carbonyl (C=O) groups is 1. The van der Waals surface area contributed by atoms with Crippen LogP contribution in [0.2, 0.25) is 0 Å². The van der Waals surface area contributed by atoms with Gasteiger partial charge in [0.05, 0.1) is 18.4 Å². The van der Waals surface area contributed by atoms with E-state index >= 15 is 0 Å². The fourth-order valence-corrected chi connectivity index (χ4v) is 3.54. The lowest BCUT2D eigenvalue weighted by Gasteiger charge is -2.22. The molecule has 0 aliphatic carbocycles. The zero-order chi connectivity index (χ0) is 16.3. The minimum Gasteiger partial charge on any atom is -0.359 e. The quantitative estimate of drug-likeness (QED) is 0.754. The average molecular weight is 329 g/mol. The van der Waals surface area contributed by atoms with E-state index in [1.165, 1.54) is 10.6 Å². The van der Waals surface area contributed by atoms with E-state index in [4.69, 9.17) is 0 Å². The van der Waals surface area contributed by atoms with Crippen LogP contribution in [-0.4, -0.2) is 72.8 Å². The molecule has 8 nitrogen and oxygen atoms in total. The zero-order valence-corrected chi connectivity index (χ0v) is 14.0. The van der Waals surface area contributed by atoms with Crippen molar-refractivity contribution >= 4 is 15.9 Å². The third-order valence-corrected chi connectivity index (χ3v) is 5.09. The Morgan fingerprint density at radius 1 is 1.41 bits per heavy atom. The summed E-state index contributed by atoms with van der Waals surface area (Å²) >= 11 is 0. The number of hydrogen-bond acceptors (Lipinski definition) is 5. The summed E-state index contributed by atoms with van der Waals surface area (Å²) in [4.78, 5) is 14.1. The van der Waals surface area contributed by atoms with Crippen LogP contribution in [0.1, 0.15) is 5.56 Å². The summed E-state index contributed by atoms with van der Waals surface area (Å²) in [5.74, 6) is -0.509. The van der Waals surface area contributed by atoms with Crippen LogP contribution in [0, 0.1) is 5.92 Å². The predicted octanol–water partition coefficient (Wildman–Crippen LogP) is -1.14. The van der Waals surface area contributed by atoms with Gasteiger partial charge in [0.15, 0.2) is 0 Å². The molecule has 1 fully saturated rings. The minimum atomic E-state index is -3.31. The maximum Gasteiger partial charge on any atom is 0.225 e. The predicted molar refractivity (Wildman–Crippen MR) is 82.5 cm³/mol. The summed E-state index contributed by atoms with van der Waals surface area (Å²) in [6.45, 7) is 2.39. The highest BCUT2D eigenvalue weighted by molar-refractivity contribution is 7.88. The molecule has 0 saturated carbocycles. The summed E-state index contributed by atoms with van der Waals surface area (Å²) in [6.07, 6.45) is 4.90. The number of amides is 1. The second-order valence-corrected chi connectivity index (χ2v) is 7.67. The molecule has 2 rings (SSSR count). The van der Waals surface area contributed by atoms with Crippen LogP contribution in [0.15, 0.2) is 12.4 Å². The zero-order valence-electron chi connectivity index (χ0n) is 13.2. The smallest absolute Gasteiger partial charge is 0.225 e. The average Bonchev–Trinajstić information content (AvgIpc) is 2.72. The van der Waals surface area contributed by atoms with E-state index in [0.717, 1.165) is 5.56 Å². The van der Waals surface area contributed by atoms with Gasteiger partial charge in [-0.1, -0.05) is 0 Å². The molecule has 0 unspecified atom stereocenters. The number of carbonyl (C=O) groups excluding carboxylic acids is 1. The fraction of sp³-hybridized carbons (Fsp3) is 0.692. The number of rotatable bonds is 4. The lowest BCUT2D eigenvalue weighted by Crippen LogP contribution is -2.41. The second-order valence-electron chi connectivity index (χ2n) is 5.69. The van der Waals surface area contributed by atoms with Gasteiger partial charge in [-0.15, -0.1) is 0 Å². The molecule has 1 aromatic rings. The molecule has 1 aromatic heterocycles. The minimum absolute atomic E-state index is 0.133. The first-order valence-corrected chi connectivity index (χ1v) is 9.01. The van der Waals surface area contributed by atoms with Gasteiger partial charge in [0.1, 0.15) is 0 Å². The number of aromatic nitrogens is 2. The van der Waals surface area contributed by atoms with Gasteiger partial charge in [-0.05, 0) is 0 Å². The monoisotopic (exact) mass is 329 g/mol. The Hall–Kier alpha value is -1.45. The number of nitrogens with zero attached hydrogens (tertiary/aromatic N) is 4. The molecule has 1 amide bonds. The van der Waals surface area contributed by atoms with Gasteiger partial charge in [-0.3, -0.25) is 14.4 Å². The number of nitrogens with one attached hydrogen (secondary N) is 1. The Morgan fingerprint density at radius 2 is 2.14 bits per heavy atom. The SMILES string of the molecule is CNC(=O)[C@H]1CN(Cc2cnn(C)c2)CCN(S(C)(=O)=O)C1. The summed E-state index contributed by atoms with van der Waals surface area (Å²) in [5.41, 5.74) is 1.05. The van der Waals surface area contributed by atoms with E-state index in [0.29, 0.717) is 26.2 Å². The molecule has 22 heavy (non-hydrogen) atoms. The van der Waals surface area contributed by atoms with Crippen molar-refractivity contribution in [3.05, 3.63) is 18.0 Å². The summed E-state index contributed by atoms with van der Waals surface area (Å²) in [7, 11) is 0.119. The van der Waals surface area contributed by atoms with Crippen molar-refractivity contribution in [2.75, 3.05) is 39.5 Å². The van der Waals surface area contributed by atoms with Crippen molar-refractivity contribution < 1.29 is 13.2 Å². The third kappa shape index (κ3) is 4.28. The Labute approximate surface area is 131 Å². The summed E-state index contributed by atoms with van der Waals surface area (Å²) in [5, 5.41) is 6.75. The van der Waals surface area contributed by atoms with Crippen LogP contribution in [0.4, 0.5) is 0 Å². The first-order chi connectivity index (χ1) is 10.3. The molecule has 1 N–H and O–H groups in total. The largest absolute Gasteiger partial charge is 0.359 e. The van der Waals surface area contributed by atoms with Crippen molar-refractivity contribution in [1.82, 2.24) is 24.3 Å². The fourth-order valence-electron chi connectivity index (χ4n) is 2.68. The number of sulfonamides is 1. The summed E-state index contributed by atoms with van der Waals surface area (Å²) in [6, 6.07) is 0. The maximum absolute atomic E-state index is 12.0. The molecule has 0 radical (unpaired) electrons. The van der Waals surface area contributed by atoms with Crippen LogP contribution < -0.4 is 5.32 Å². The number of aryl methyl sites for hydroxylation is 1. The molecule has 9 heteroatoms. The molecule has 1 atom stereocenters. The molecule has 1 aliphatic heterocycles. The highest BCUT2D eigenvalue weighted by atomic mass is 32.2. The van der Waals surface area contributed by atoms with Gasteiger partial charge in [0.25, 0.3) is 0 Å². The van der Waals surface area contributed by atoms with Crippen LogP contribution in [0.25, 0.3) is 0 Å². The topological polar surface area (TPSA) is 87.5 Å². The van der Waals surface area contributed by atoms with Gasteiger partial charge in [0.2, 0.25) is 15.9 Å². The van der Waals surface area contributed by atoms with Crippen LogP contribution in [-0.2, 0) is 28.4 Å². The van der Waals surface area contributed by atoms with E-state index in [2.05, 4.69) is 15.3 Å². The van der Waals surface area contributed by atoms with Gasteiger partial charge < -0.3 is 5.32 Å². The van der Waals surface area contributed by atoms with Crippen molar-refractivity contribution in [3.8, 4) is 0 Å². The Balaban J connectivity index is 2.14. The van der Waals surface area contributed by atoms with E-state index in [9.17, 15) is 13.2 Å².